The van der Waals surface area contributed by atoms with E-state index in [1.165, 1.54) is 0 Å². The van der Waals surface area contributed by atoms with Crippen LogP contribution in [-0.4, -0.2) is 17.4 Å². The maximum atomic E-state index is 11.5. The summed E-state index contributed by atoms with van der Waals surface area (Å²) in [4.78, 5) is 16.0. The smallest absolute Gasteiger partial charge is 0.341 e. The molecule has 2 rings (SSSR count). The average molecular weight is 207 g/mol. The Bertz CT molecular complexity index is 358. The van der Waals surface area contributed by atoms with Crippen LogP contribution >= 0.6 is 0 Å². The molecule has 0 unspecified atom stereocenters. The van der Waals surface area contributed by atoms with Gasteiger partial charge in [-0.15, -0.1) is 0 Å². The van der Waals surface area contributed by atoms with Crippen LogP contribution < -0.4 is 0 Å². The molecule has 0 aromatic rings. The molecule has 0 saturated carbocycles. The number of rotatable bonds is 0. The van der Waals surface area contributed by atoms with Crippen LogP contribution in [0.5, 0.6) is 0 Å². The highest BCUT2D eigenvalue weighted by molar-refractivity contribution is 6.14. The molecule has 82 valence electrons. The first-order valence-corrected chi connectivity index (χ1v) is 5.52. The van der Waals surface area contributed by atoms with E-state index in [0.717, 1.165) is 36.8 Å². The quantitative estimate of drug-likeness (QED) is 0.573. The molecule has 3 heteroatoms. The van der Waals surface area contributed by atoms with E-state index >= 15 is 0 Å². The fourth-order valence-electron chi connectivity index (χ4n) is 1.97. The van der Waals surface area contributed by atoms with E-state index in [-0.39, 0.29) is 11.5 Å². The number of carbonyl (C=O) groups excluding carboxylic acids is 1. The summed E-state index contributed by atoms with van der Waals surface area (Å²) in [5.74, 6) is 0.398. The minimum atomic E-state index is -0.185. The summed E-state index contributed by atoms with van der Waals surface area (Å²) in [6.45, 7) is 6.03. The number of carbonyl (C=O) groups is 1. The molecule has 0 atom stereocenters. The van der Waals surface area contributed by atoms with Gasteiger partial charge in [0.2, 0.25) is 5.90 Å². The molecule has 0 amide bonds. The van der Waals surface area contributed by atoms with Gasteiger partial charge < -0.3 is 4.74 Å². The van der Waals surface area contributed by atoms with Gasteiger partial charge in [0.1, 0.15) is 0 Å². The maximum Gasteiger partial charge on any atom is 0.341 e. The molecule has 2 aliphatic rings. The van der Waals surface area contributed by atoms with Crippen molar-refractivity contribution < 1.29 is 9.53 Å². The number of hydrogen-bond acceptors (Lipinski definition) is 3. The number of ether oxygens (including phenoxy) is 1. The summed E-state index contributed by atoms with van der Waals surface area (Å²) >= 11 is 0. The summed E-state index contributed by atoms with van der Waals surface area (Å²) in [5.41, 5.74) is 1.74. The van der Waals surface area contributed by atoms with E-state index in [0.29, 0.717) is 5.90 Å². The van der Waals surface area contributed by atoms with Crippen LogP contribution in [0.4, 0.5) is 0 Å². The first-order valence-electron chi connectivity index (χ1n) is 5.52. The Hall–Kier alpha value is -1.12. The zero-order chi connectivity index (χ0) is 11.1. The summed E-state index contributed by atoms with van der Waals surface area (Å²) in [5, 5.41) is 0. The molecule has 3 nitrogen and oxygen atoms in total. The third-order valence-electron chi connectivity index (χ3n) is 2.60. The standard InChI is InChI=1S/C12H17NO2/c1-12(2,3)13-10-8-6-4-5-7-9(8)11(14)15-10/h4-7H2,1-3H3. The summed E-state index contributed by atoms with van der Waals surface area (Å²) in [6, 6.07) is 0. The van der Waals surface area contributed by atoms with Crippen LogP contribution in [0.25, 0.3) is 0 Å². The molecule has 0 bridgehead atoms. The molecule has 0 fully saturated rings. The largest absolute Gasteiger partial charge is 0.404 e. The summed E-state index contributed by atoms with van der Waals surface area (Å²) in [6.07, 6.45) is 4.03. The molecule has 0 aromatic carbocycles. The summed E-state index contributed by atoms with van der Waals surface area (Å²) < 4.78 is 5.22. The molecule has 0 spiro atoms. The van der Waals surface area contributed by atoms with Crippen LogP contribution in [0.15, 0.2) is 16.1 Å². The van der Waals surface area contributed by atoms with E-state index in [1.54, 1.807) is 0 Å². The van der Waals surface area contributed by atoms with Crippen molar-refractivity contribution >= 4 is 11.9 Å². The second kappa shape index (κ2) is 3.47. The number of cyclic esters (lactones) is 1. The number of esters is 1. The van der Waals surface area contributed by atoms with Crippen molar-refractivity contribution in [1.82, 2.24) is 0 Å². The molecule has 0 radical (unpaired) electrons. The van der Waals surface area contributed by atoms with Crippen LogP contribution in [0, 0.1) is 0 Å². The van der Waals surface area contributed by atoms with Crippen molar-refractivity contribution in [2.24, 2.45) is 4.99 Å². The highest BCUT2D eigenvalue weighted by atomic mass is 16.5. The monoisotopic (exact) mass is 207 g/mol. The van der Waals surface area contributed by atoms with E-state index < -0.39 is 0 Å². The van der Waals surface area contributed by atoms with E-state index in [1.807, 2.05) is 20.8 Å². The Labute approximate surface area is 90.2 Å². The van der Waals surface area contributed by atoms with Crippen LogP contribution in [0.3, 0.4) is 0 Å². The number of nitrogens with zero attached hydrogens (tertiary/aromatic N) is 1. The summed E-state index contributed by atoms with van der Waals surface area (Å²) in [7, 11) is 0. The van der Waals surface area contributed by atoms with Gasteiger partial charge in [0.25, 0.3) is 0 Å². The molecule has 1 aliphatic heterocycles. The van der Waals surface area contributed by atoms with Gasteiger partial charge in [0.05, 0.1) is 5.54 Å². The van der Waals surface area contributed by atoms with E-state index in [9.17, 15) is 4.79 Å². The lowest BCUT2D eigenvalue weighted by molar-refractivity contribution is -0.130. The average Bonchev–Trinajstić information content (AvgIpc) is 2.42. The normalized spacial score (nSPS) is 24.5. The molecule has 0 saturated heterocycles. The van der Waals surface area contributed by atoms with Gasteiger partial charge in [-0.2, -0.15) is 0 Å². The Morgan fingerprint density at radius 3 is 2.33 bits per heavy atom. The third-order valence-corrected chi connectivity index (χ3v) is 2.60. The third kappa shape index (κ3) is 2.11. The lowest BCUT2D eigenvalue weighted by Gasteiger charge is -2.15. The maximum absolute atomic E-state index is 11.5. The van der Waals surface area contributed by atoms with Crippen molar-refractivity contribution in [1.29, 1.82) is 0 Å². The SMILES string of the molecule is CC(C)(C)N=C1OC(=O)C2=C1CCCC2. The number of aliphatic imine (C=N–C) groups is 1. The molecule has 1 heterocycles. The lowest BCUT2D eigenvalue weighted by atomic mass is 9.93. The molecule has 1 aliphatic carbocycles. The second-order valence-electron chi connectivity index (χ2n) is 5.14. The van der Waals surface area contributed by atoms with Crippen molar-refractivity contribution in [3.8, 4) is 0 Å². The van der Waals surface area contributed by atoms with Crippen LogP contribution in [-0.2, 0) is 9.53 Å². The molecule has 0 aromatic heterocycles. The molecular weight excluding hydrogens is 190 g/mol. The van der Waals surface area contributed by atoms with Crippen LogP contribution in [0.2, 0.25) is 0 Å². The van der Waals surface area contributed by atoms with Gasteiger partial charge in [0, 0.05) is 11.1 Å². The van der Waals surface area contributed by atoms with E-state index in [4.69, 9.17) is 4.74 Å². The zero-order valence-corrected chi connectivity index (χ0v) is 9.59. The van der Waals surface area contributed by atoms with Crippen molar-refractivity contribution in [2.75, 3.05) is 0 Å². The molecule has 15 heavy (non-hydrogen) atoms. The van der Waals surface area contributed by atoms with Crippen molar-refractivity contribution in [3.05, 3.63) is 11.1 Å². The first-order chi connectivity index (χ1) is 6.97. The number of hydrogen-bond donors (Lipinski definition) is 0. The predicted molar refractivity (Wildman–Crippen MR) is 58.8 cm³/mol. The van der Waals surface area contributed by atoms with Gasteiger partial charge in [-0.25, -0.2) is 9.79 Å². The fraction of sp³-hybridized carbons (Fsp3) is 0.667. The van der Waals surface area contributed by atoms with Gasteiger partial charge in [0.15, 0.2) is 0 Å². The van der Waals surface area contributed by atoms with Gasteiger partial charge in [-0.1, -0.05) is 0 Å². The van der Waals surface area contributed by atoms with E-state index in [2.05, 4.69) is 4.99 Å². The minimum Gasteiger partial charge on any atom is -0.404 e. The first kappa shape index (κ1) is 10.4. The van der Waals surface area contributed by atoms with Crippen molar-refractivity contribution in [2.45, 2.75) is 52.0 Å². The topological polar surface area (TPSA) is 38.7 Å². The Balaban J connectivity index is 2.34. The van der Waals surface area contributed by atoms with Gasteiger partial charge in [-0.05, 0) is 46.5 Å². The molecular formula is C12H17NO2. The fourth-order valence-corrected chi connectivity index (χ4v) is 1.97. The Kier molecular flexibility index (Phi) is 2.41. The van der Waals surface area contributed by atoms with Gasteiger partial charge in [-0.3, -0.25) is 0 Å². The predicted octanol–water partition coefficient (Wildman–Crippen LogP) is 2.61. The highest BCUT2D eigenvalue weighted by Crippen LogP contribution is 2.32. The van der Waals surface area contributed by atoms with Crippen molar-refractivity contribution in [3.63, 3.8) is 0 Å². The molecule has 0 N–H and O–H groups in total. The lowest BCUT2D eigenvalue weighted by Crippen LogP contribution is -2.16. The van der Waals surface area contributed by atoms with Crippen LogP contribution in [0.1, 0.15) is 46.5 Å². The second-order valence-corrected chi connectivity index (χ2v) is 5.14. The minimum absolute atomic E-state index is 0.173. The Morgan fingerprint density at radius 2 is 1.73 bits per heavy atom. The highest BCUT2D eigenvalue weighted by Gasteiger charge is 2.33. The van der Waals surface area contributed by atoms with Gasteiger partial charge >= 0.3 is 5.97 Å². The Morgan fingerprint density at radius 1 is 1.13 bits per heavy atom. The zero-order valence-electron chi connectivity index (χ0n) is 9.59.